The van der Waals surface area contributed by atoms with Crippen LogP contribution >= 0.6 is 0 Å². The molecule has 1 aliphatic rings. The lowest BCUT2D eigenvalue weighted by Crippen LogP contribution is -2.13. The summed E-state index contributed by atoms with van der Waals surface area (Å²) in [5.74, 6) is 0. The highest BCUT2D eigenvalue weighted by atomic mass is 16.5. The fraction of sp³-hybridized carbons (Fsp3) is 0.600. The van der Waals surface area contributed by atoms with Gasteiger partial charge in [-0.1, -0.05) is 25.2 Å². The van der Waals surface area contributed by atoms with E-state index < -0.39 is 0 Å². The first-order chi connectivity index (χ1) is 5.38. The monoisotopic (exact) mass is 152 g/mol. The Kier molecular flexibility index (Phi) is 3.37. The van der Waals surface area contributed by atoms with Crippen LogP contribution in [0.25, 0.3) is 0 Å². The van der Waals surface area contributed by atoms with Crippen LogP contribution in [0.15, 0.2) is 23.8 Å². The van der Waals surface area contributed by atoms with E-state index in [0.717, 1.165) is 6.42 Å². The molecule has 0 saturated carbocycles. The largest absolute Gasteiger partial charge is 0.377 e. The first kappa shape index (κ1) is 8.54. The molecule has 1 atom stereocenters. The molecule has 11 heavy (non-hydrogen) atoms. The first-order valence-corrected chi connectivity index (χ1v) is 4.27. The lowest BCUT2D eigenvalue weighted by atomic mass is 9.98. The van der Waals surface area contributed by atoms with Gasteiger partial charge in [0.05, 0.1) is 6.10 Å². The molecule has 0 aliphatic heterocycles. The van der Waals surface area contributed by atoms with Crippen molar-refractivity contribution in [1.29, 1.82) is 0 Å². The van der Waals surface area contributed by atoms with Crippen LogP contribution < -0.4 is 0 Å². The molecule has 0 aromatic heterocycles. The minimum atomic E-state index is 0.347. The summed E-state index contributed by atoms with van der Waals surface area (Å²) in [6, 6.07) is 0. The van der Waals surface area contributed by atoms with E-state index in [-0.39, 0.29) is 0 Å². The molecule has 0 bridgehead atoms. The number of allylic oxidation sites excluding steroid dienone is 3. The molecule has 0 spiro atoms. The van der Waals surface area contributed by atoms with Crippen molar-refractivity contribution in [3.05, 3.63) is 23.8 Å². The van der Waals surface area contributed by atoms with E-state index in [1.165, 1.54) is 18.4 Å². The molecular formula is C10H16O. The third kappa shape index (κ3) is 2.19. The summed E-state index contributed by atoms with van der Waals surface area (Å²) in [4.78, 5) is 0. The van der Waals surface area contributed by atoms with Crippen molar-refractivity contribution >= 4 is 0 Å². The standard InChI is InChI=1S/C10H16O/c1-3-10(11-2)9-7-5-4-6-8-9/h4-5,7,10H,3,6,8H2,1-2H3. The molecule has 1 heteroatoms. The third-order valence-electron chi connectivity index (χ3n) is 2.11. The highest BCUT2D eigenvalue weighted by Gasteiger charge is 2.10. The Balaban J connectivity index is 2.56. The van der Waals surface area contributed by atoms with Crippen LogP contribution in [0.4, 0.5) is 0 Å². The van der Waals surface area contributed by atoms with Gasteiger partial charge >= 0.3 is 0 Å². The summed E-state index contributed by atoms with van der Waals surface area (Å²) >= 11 is 0. The van der Waals surface area contributed by atoms with Gasteiger partial charge in [-0.25, -0.2) is 0 Å². The molecule has 1 unspecified atom stereocenters. The molecule has 0 radical (unpaired) electrons. The minimum Gasteiger partial charge on any atom is -0.377 e. The maximum Gasteiger partial charge on any atom is 0.0781 e. The van der Waals surface area contributed by atoms with E-state index in [2.05, 4.69) is 25.2 Å². The highest BCUT2D eigenvalue weighted by molar-refractivity contribution is 5.20. The summed E-state index contributed by atoms with van der Waals surface area (Å²) in [6.45, 7) is 2.16. The maximum atomic E-state index is 5.34. The van der Waals surface area contributed by atoms with Crippen LogP contribution in [-0.4, -0.2) is 13.2 Å². The molecule has 0 aromatic carbocycles. The molecule has 1 aliphatic carbocycles. The Labute approximate surface area is 68.8 Å². The Morgan fingerprint density at radius 3 is 2.91 bits per heavy atom. The van der Waals surface area contributed by atoms with E-state index in [1.54, 1.807) is 7.11 Å². The maximum absolute atomic E-state index is 5.34. The van der Waals surface area contributed by atoms with Crippen LogP contribution in [0, 0.1) is 0 Å². The lowest BCUT2D eigenvalue weighted by Gasteiger charge is -2.18. The van der Waals surface area contributed by atoms with Crippen molar-refractivity contribution in [2.24, 2.45) is 0 Å². The number of rotatable bonds is 3. The van der Waals surface area contributed by atoms with Gasteiger partial charge in [0.25, 0.3) is 0 Å². The molecule has 0 aromatic rings. The molecule has 62 valence electrons. The van der Waals surface area contributed by atoms with E-state index in [9.17, 15) is 0 Å². The molecule has 0 fully saturated rings. The van der Waals surface area contributed by atoms with Crippen LogP contribution in [0.1, 0.15) is 26.2 Å². The van der Waals surface area contributed by atoms with Gasteiger partial charge in [0.1, 0.15) is 0 Å². The Morgan fingerprint density at radius 1 is 1.64 bits per heavy atom. The van der Waals surface area contributed by atoms with Gasteiger partial charge in [0.15, 0.2) is 0 Å². The number of methoxy groups -OCH3 is 1. The van der Waals surface area contributed by atoms with Crippen molar-refractivity contribution in [2.45, 2.75) is 32.3 Å². The molecule has 1 rings (SSSR count). The summed E-state index contributed by atoms with van der Waals surface area (Å²) in [7, 11) is 1.79. The van der Waals surface area contributed by atoms with Crippen LogP contribution in [0.5, 0.6) is 0 Å². The average molecular weight is 152 g/mol. The number of hydrogen-bond donors (Lipinski definition) is 0. The molecular weight excluding hydrogens is 136 g/mol. The second-order valence-electron chi connectivity index (χ2n) is 2.84. The van der Waals surface area contributed by atoms with Crippen molar-refractivity contribution in [3.63, 3.8) is 0 Å². The third-order valence-corrected chi connectivity index (χ3v) is 2.11. The zero-order valence-corrected chi connectivity index (χ0v) is 7.34. The van der Waals surface area contributed by atoms with Crippen molar-refractivity contribution < 1.29 is 4.74 Å². The van der Waals surface area contributed by atoms with Gasteiger partial charge in [0, 0.05) is 7.11 Å². The number of hydrogen-bond acceptors (Lipinski definition) is 1. The Bertz CT molecular complexity index is 164. The van der Waals surface area contributed by atoms with Crippen LogP contribution in [0.3, 0.4) is 0 Å². The van der Waals surface area contributed by atoms with Gasteiger partial charge in [-0.3, -0.25) is 0 Å². The second-order valence-corrected chi connectivity index (χ2v) is 2.84. The summed E-state index contributed by atoms with van der Waals surface area (Å²) < 4.78 is 5.34. The highest BCUT2D eigenvalue weighted by Crippen LogP contribution is 2.19. The quantitative estimate of drug-likeness (QED) is 0.604. The molecule has 0 N–H and O–H groups in total. The normalized spacial score (nSPS) is 19.6. The van der Waals surface area contributed by atoms with Gasteiger partial charge < -0.3 is 4.74 Å². The molecule has 0 saturated heterocycles. The van der Waals surface area contributed by atoms with Gasteiger partial charge in [-0.15, -0.1) is 0 Å². The zero-order chi connectivity index (χ0) is 8.10. The molecule has 1 nitrogen and oxygen atoms in total. The predicted octanol–water partition coefficient (Wildman–Crippen LogP) is 2.69. The average Bonchev–Trinajstić information content (AvgIpc) is 2.09. The Morgan fingerprint density at radius 2 is 2.45 bits per heavy atom. The number of ether oxygens (including phenoxy) is 1. The van der Waals surface area contributed by atoms with Crippen LogP contribution in [0.2, 0.25) is 0 Å². The fourth-order valence-corrected chi connectivity index (χ4v) is 1.47. The predicted molar refractivity (Wildman–Crippen MR) is 47.5 cm³/mol. The topological polar surface area (TPSA) is 9.23 Å². The van der Waals surface area contributed by atoms with Crippen LogP contribution in [-0.2, 0) is 4.74 Å². The fourth-order valence-electron chi connectivity index (χ4n) is 1.47. The van der Waals surface area contributed by atoms with Crippen molar-refractivity contribution in [2.75, 3.05) is 7.11 Å². The lowest BCUT2D eigenvalue weighted by molar-refractivity contribution is 0.125. The smallest absolute Gasteiger partial charge is 0.0781 e. The zero-order valence-electron chi connectivity index (χ0n) is 7.34. The summed E-state index contributed by atoms with van der Waals surface area (Å²) in [5.41, 5.74) is 1.44. The van der Waals surface area contributed by atoms with Gasteiger partial charge in [-0.2, -0.15) is 0 Å². The van der Waals surface area contributed by atoms with E-state index in [1.807, 2.05) is 0 Å². The first-order valence-electron chi connectivity index (χ1n) is 4.27. The van der Waals surface area contributed by atoms with Gasteiger partial charge in [-0.05, 0) is 24.8 Å². The Hall–Kier alpha value is -0.560. The van der Waals surface area contributed by atoms with E-state index in [4.69, 9.17) is 4.74 Å². The van der Waals surface area contributed by atoms with E-state index in [0.29, 0.717) is 6.10 Å². The van der Waals surface area contributed by atoms with Gasteiger partial charge in [0.2, 0.25) is 0 Å². The molecule has 0 amide bonds. The van der Waals surface area contributed by atoms with Crippen molar-refractivity contribution in [3.8, 4) is 0 Å². The molecule has 0 heterocycles. The SMILES string of the molecule is CCC(OC)C1=CC=CCC1. The summed E-state index contributed by atoms with van der Waals surface area (Å²) in [5, 5.41) is 0. The second kappa shape index (κ2) is 4.35. The summed E-state index contributed by atoms with van der Waals surface area (Å²) in [6.07, 6.45) is 10.3. The van der Waals surface area contributed by atoms with E-state index >= 15 is 0 Å². The minimum absolute atomic E-state index is 0.347. The van der Waals surface area contributed by atoms with Crippen molar-refractivity contribution in [1.82, 2.24) is 0 Å².